The van der Waals surface area contributed by atoms with Crippen molar-refractivity contribution in [3.8, 4) is 0 Å². The molecule has 2 N–H and O–H groups in total. The lowest BCUT2D eigenvalue weighted by Crippen LogP contribution is -2.39. The number of hydrogen-bond donors (Lipinski definition) is 1. The van der Waals surface area contributed by atoms with Gasteiger partial charge in [-0.1, -0.05) is 13.8 Å². The molecule has 0 radical (unpaired) electrons. The molecule has 1 fully saturated rings. The number of nitrogen functional groups attached to an aromatic ring is 1. The summed E-state index contributed by atoms with van der Waals surface area (Å²) >= 11 is 0. The first-order valence-electron chi connectivity index (χ1n) is 6.03. The molecule has 0 spiro atoms. The van der Waals surface area contributed by atoms with Crippen LogP contribution in [0.5, 0.6) is 0 Å². The Balaban J connectivity index is 2.23. The Kier molecular flexibility index (Phi) is 3.03. The summed E-state index contributed by atoms with van der Waals surface area (Å²) in [4.78, 5) is 6.87. The average molecular weight is 219 g/mol. The molecule has 0 amide bonds. The number of nitrogens with zero attached hydrogens (tertiary/aromatic N) is 2. The molecule has 88 valence electrons. The molecule has 1 aliphatic heterocycles. The van der Waals surface area contributed by atoms with Crippen LogP contribution in [0.2, 0.25) is 0 Å². The van der Waals surface area contributed by atoms with E-state index in [9.17, 15) is 0 Å². The van der Waals surface area contributed by atoms with Gasteiger partial charge >= 0.3 is 0 Å². The summed E-state index contributed by atoms with van der Waals surface area (Å²) < 4.78 is 0. The minimum atomic E-state index is 0.749. The third-order valence-electron chi connectivity index (χ3n) is 3.24. The number of anilines is 2. The number of rotatable bonds is 1. The first-order valence-corrected chi connectivity index (χ1v) is 6.03. The van der Waals surface area contributed by atoms with Crippen LogP contribution in [-0.4, -0.2) is 18.1 Å². The van der Waals surface area contributed by atoms with E-state index in [1.165, 1.54) is 12.0 Å². The highest BCUT2D eigenvalue weighted by molar-refractivity contribution is 5.52. The van der Waals surface area contributed by atoms with Gasteiger partial charge in [0.05, 0.1) is 11.9 Å². The molecule has 1 aromatic rings. The summed E-state index contributed by atoms with van der Waals surface area (Å²) in [6.07, 6.45) is 3.08. The number of piperidine rings is 1. The highest BCUT2D eigenvalue weighted by Gasteiger charge is 2.23. The zero-order valence-corrected chi connectivity index (χ0v) is 10.4. The Bertz CT molecular complexity index is 365. The second kappa shape index (κ2) is 4.32. The molecule has 2 rings (SSSR count). The van der Waals surface area contributed by atoms with Crippen LogP contribution in [0, 0.1) is 18.8 Å². The molecule has 1 aliphatic rings. The molecule has 3 nitrogen and oxygen atoms in total. The van der Waals surface area contributed by atoms with Gasteiger partial charge in [0.1, 0.15) is 5.82 Å². The van der Waals surface area contributed by atoms with Gasteiger partial charge in [-0.2, -0.15) is 0 Å². The van der Waals surface area contributed by atoms with Crippen molar-refractivity contribution in [3.05, 3.63) is 17.8 Å². The van der Waals surface area contributed by atoms with E-state index in [-0.39, 0.29) is 0 Å². The molecule has 2 atom stereocenters. The number of nitrogens with two attached hydrogens (primary N) is 1. The fourth-order valence-electron chi connectivity index (χ4n) is 2.76. The number of hydrogen-bond acceptors (Lipinski definition) is 3. The van der Waals surface area contributed by atoms with Crippen LogP contribution < -0.4 is 10.6 Å². The molecular weight excluding hydrogens is 198 g/mol. The van der Waals surface area contributed by atoms with E-state index < -0.39 is 0 Å². The number of pyridine rings is 1. The predicted molar refractivity (Wildman–Crippen MR) is 68.5 cm³/mol. The highest BCUT2D eigenvalue weighted by atomic mass is 15.2. The standard InChI is InChI=1S/C13H21N3/c1-9-4-10(2)8-16(7-9)13-11(3)5-12(14)6-15-13/h5-6,9-10H,4,7-8,14H2,1-3H3. The van der Waals surface area contributed by atoms with Crippen LogP contribution in [-0.2, 0) is 0 Å². The molecule has 2 unspecified atom stereocenters. The van der Waals surface area contributed by atoms with Gasteiger partial charge in [0.15, 0.2) is 0 Å². The topological polar surface area (TPSA) is 42.1 Å². The fraction of sp³-hybridized carbons (Fsp3) is 0.615. The molecule has 0 saturated carbocycles. The zero-order chi connectivity index (χ0) is 11.7. The lowest BCUT2D eigenvalue weighted by Gasteiger charge is -2.36. The summed E-state index contributed by atoms with van der Waals surface area (Å²) in [6, 6.07) is 2.01. The quantitative estimate of drug-likeness (QED) is 0.789. The Morgan fingerprint density at radius 2 is 1.94 bits per heavy atom. The van der Waals surface area contributed by atoms with Crippen molar-refractivity contribution in [3.63, 3.8) is 0 Å². The van der Waals surface area contributed by atoms with E-state index in [0.717, 1.165) is 36.4 Å². The minimum Gasteiger partial charge on any atom is -0.397 e. The Labute approximate surface area is 97.7 Å². The molecule has 16 heavy (non-hydrogen) atoms. The van der Waals surface area contributed by atoms with Gasteiger partial charge in [0.2, 0.25) is 0 Å². The van der Waals surface area contributed by atoms with Crippen LogP contribution in [0.15, 0.2) is 12.3 Å². The van der Waals surface area contributed by atoms with E-state index in [1.807, 2.05) is 6.07 Å². The van der Waals surface area contributed by atoms with Crippen molar-refractivity contribution < 1.29 is 0 Å². The highest BCUT2D eigenvalue weighted by Crippen LogP contribution is 2.27. The lowest BCUT2D eigenvalue weighted by molar-refractivity contribution is 0.355. The Hall–Kier alpha value is -1.25. The van der Waals surface area contributed by atoms with Gasteiger partial charge in [0.25, 0.3) is 0 Å². The lowest BCUT2D eigenvalue weighted by atomic mass is 9.92. The van der Waals surface area contributed by atoms with Crippen LogP contribution in [0.1, 0.15) is 25.8 Å². The Morgan fingerprint density at radius 1 is 1.31 bits per heavy atom. The van der Waals surface area contributed by atoms with Crippen molar-refractivity contribution in [2.75, 3.05) is 23.7 Å². The van der Waals surface area contributed by atoms with E-state index >= 15 is 0 Å². The Morgan fingerprint density at radius 3 is 2.50 bits per heavy atom. The summed E-state index contributed by atoms with van der Waals surface area (Å²) in [5.74, 6) is 2.61. The van der Waals surface area contributed by atoms with Crippen LogP contribution >= 0.6 is 0 Å². The average Bonchev–Trinajstić information content (AvgIpc) is 2.15. The van der Waals surface area contributed by atoms with E-state index in [0.29, 0.717) is 0 Å². The maximum absolute atomic E-state index is 5.73. The van der Waals surface area contributed by atoms with Crippen molar-refractivity contribution in [1.82, 2.24) is 4.98 Å². The maximum atomic E-state index is 5.73. The summed E-state index contributed by atoms with van der Waals surface area (Å²) in [5.41, 5.74) is 7.66. The smallest absolute Gasteiger partial charge is 0.131 e. The third-order valence-corrected chi connectivity index (χ3v) is 3.24. The molecule has 1 saturated heterocycles. The second-order valence-corrected chi connectivity index (χ2v) is 5.26. The van der Waals surface area contributed by atoms with Crippen LogP contribution in [0.4, 0.5) is 11.5 Å². The van der Waals surface area contributed by atoms with Crippen molar-refractivity contribution in [2.45, 2.75) is 27.2 Å². The van der Waals surface area contributed by atoms with Gasteiger partial charge in [-0.15, -0.1) is 0 Å². The minimum absolute atomic E-state index is 0.749. The van der Waals surface area contributed by atoms with Gasteiger partial charge in [0, 0.05) is 13.1 Å². The third kappa shape index (κ3) is 2.29. The predicted octanol–water partition coefficient (Wildman–Crippen LogP) is 2.45. The summed E-state index contributed by atoms with van der Waals surface area (Å²) in [6.45, 7) is 8.94. The molecule has 0 aliphatic carbocycles. The largest absolute Gasteiger partial charge is 0.397 e. The normalized spacial score (nSPS) is 25.8. The van der Waals surface area contributed by atoms with Gasteiger partial charge in [-0.25, -0.2) is 4.98 Å². The monoisotopic (exact) mass is 219 g/mol. The first kappa shape index (κ1) is 11.2. The second-order valence-electron chi connectivity index (χ2n) is 5.26. The van der Waals surface area contributed by atoms with Crippen LogP contribution in [0.3, 0.4) is 0 Å². The van der Waals surface area contributed by atoms with Gasteiger partial charge in [-0.05, 0) is 36.8 Å². The molecule has 0 bridgehead atoms. The van der Waals surface area contributed by atoms with Crippen molar-refractivity contribution in [1.29, 1.82) is 0 Å². The summed E-state index contributed by atoms with van der Waals surface area (Å²) in [5, 5.41) is 0. The van der Waals surface area contributed by atoms with Gasteiger partial charge < -0.3 is 10.6 Å². The maximum Gasteiger partial charge on any atom is 0.131 e. The summed E-state index contributed by atoms with van der Waals surface area (Å²) in [7, 11) is 0. The van der Waals surface area contributed by atoms with Gasteiger partial charge in [-0.3, -0.25) is 0 Å². The molecule has 2 heterocycles. The molecule has 3 heteroatoms. The van der Waals surface area contributed by atoms with E-state index in [4.69, 9.17) is 5.73 Å². The number of aryl methyl sites for hydroxylation is 1. The van der Waals surface area contributed by atoms with Crippen molar-refractivity contribution in [2.24, 2.45) is 11.8 Å². The molecule has 0 aromatic carbocycles. The SMILES string of the molecule is Cc1cc(N)cnc1N1CC(C)CC(C)C1. The number of aromatic nitrogens is 1. The fourth-order valence-corrected chi connectivity index (χ4v) is 2.76. The van der Waals surface area contributed by atoms with E-state index in [2.05, 4.69) is 30.7 Å². The van der Waals surface area contributed by atoms with Crippen molar-refractivity contribution >= 4 is 11.5 Å². The van der Waals surface area contributed by atoms with Crippen LogP contribution in [0.25, 0.3) is 0 Å². The van der Waals surface area contributed by atoms with E-state index in [1.54, 1.807) is 6.20 Å². The zero-order valence-electron chi connectivity index (χ0n) is 10.4. The molecular formula is C13H21N3. The first-order chi connectivity index (χ1) is 7.56. The molecule has 1 aromatic heterocycles.